The van der Waals surface area contributed by atoms with Crippen LogP contribution in [0.3, 0.4) is 0 Å². The molecule has 0 aromatic rings. The Morgan fingerprint density at radius 3 is 2.82 bits per heavy atom. The van der Waals surface area contributed by atoms with Gasteiger partial charge >= 0.3 is 0 Å². The zero-order valence-electron chi connectivity index (χ0n) is 9.32. The van der Waals surface area contributed by atoms with E-state index < -0.39 is 12.4 Å². The molecule has 1 saturated heterocycles. The molecule has 1 aliphatic carbocycles. The van der Waals surface area contributed by atoms with Gasteiger partial charge in [-0.15, -0.1) is 0 Å². The first kappa shape index (κ1) is 11.1. The molecule has 2 heterocycles. The Bertz CT molecular complexity index is 375. The van der Waals surface area contributed by atoms with Crippen LogP contribution < -0.4 is 0 Å². The molecule has 5 heteroatoms. The highest BCUT2D eigenvalue weighted by molar-refractivity contribution is 5.13. The average molecular weight is 240 g/mol. The van der Waals surface area contributed by atoms with Gasteiger partial charge in [0.25, 0.3) is 0 Å². The van der Waals surface area contributed by atoms with Gasteiger partial charge in [-0.25, -0.2) is 0 Å². The molecule has 3 N–H and O–H groups in total. The van der Waals surface area contributed by atoms with Gasteiger partial charge in [-0.05, 0) is 18.8 Å². The lowest BCUT2D eigenvalue weighted by atomic mass is 9.79. The fraction of sp³-hybridized carbons (Fsp3) is 0.667. The summed E-state index contributed by atoms with van der Waals surface area (Å²) in [6, 6.07) is 0. The van der Waals surface area contributed by atoms with E-state index in [1.165, 1.54) is 0 Å². The molecular formula is C12H16O5. The Hall–Kier alpha value is -1.04. The zero-order valence-corrected chi connectivity index (χ0v) is 9.32. The molecule has 0 saturated carbocycles. The van der Waals surface area contributed by atoms with Crippen LogP contribution in [0.25, 0.3) is 0 Å². The number of fused-ring (bicyclic) bond motifs is 2. The van der Waals surface area contributed by atoms with Crippen molar-refractivity contribution in [3.05, 3.63) is 23.7 Å². The third-order valence-corrected chi connectivity index (χ3v) is 3.74. The Kier molecular flexibility index (Phi) is 2.61. The minimum absolute atomic E-state index is 0.00325. The second-order valence-corrected chi connectivity index (χ2v) is 4.90. The van der Waals surface area contributed by atoms with Crippen molar-refractivity contribution in [2.45, 2.75) is 31.3 Å². The summed E-state index contributed by atoms with van der Waals surface area (Å²) in [5.74, 6) is -0.291. The second kappa shape index (κ2) is 4.01. The Balaban J connectivity index is 1.82. The summed E-state index contributed by atoms with van der Waals surface area (Å²) in [7, 11) is 0. The van der Waals surface area contributed by atoms with Gasteiger partial charge in [0.1, 0.15) is 12.4 Å². The van der Waals surface area contributed by atoms with Crippen LogP contribution in [0.15, 0.2) is 23.7 Å². The Morgan fingerprint density at radius 2 is 2.00 bits per heavy atom. The van der Waals surface area contributed by atoms with Crippen molar-refractivity contribution in [2.24, 2.45) is 11.8 Å². The van der Waals surface area contributed by atoms with E-state index in [4.69, 9.17) is 9.47 Å². The maximum Gasteiger partial charge on any atom is 0.168 e. The minimum atomic E-state index is -0.493. The van der Waals surface area contributed by atoms with Gasteiger partial charge in [0.05, 0.1) is 18.1 Å². The Morgan fingerprint density at radius 1 is 1.18 bits per heavy atom. The van der Waals surface area contributed by atoms with E-state index in [0.717, 1.165) is 0 Å². The van der Waals surface area contributed by atoms with Crippen molar-refractivity contribution in [1.29, 1.82) is 0 Å². The lowest BCUT2D eigenvalue weighted by Gasteiger charge is -2.43. The second-order valence-electron chi connectivity index (χ2n) is 4.90. The first-order valence-corrected chi connectivity index (χ1v) is 5.89. The highest BCUT2D eigenvalue weighted by Gasteiger charge is 2.44. The van der Waals surface area contributed by atoms with Gasteiger partial charge < -0.3 is 24.8 Å². The van der Waals surface area contributed by atoms with Crippen LogP contribution in [-0.4, -0.2) is 40.4 Å². The molecule has 1 fully saturated rings. The van der Waals surface area contributed by atoms with E-state index in [0.29, 0.717) is 12.8 Å². The molecule has 3 rings (SSSR count). The van der Waals surface area contributed by atoms with Gasteiger partial charge in [0, 0.05) is 0 Å². The van der Waals surface area contributed by atoms with Gasteiger partial charge in [0.15, 0.2) is 12.0 Å². The first-order chi connectivity index (χ1) is 8.15. The first-order valence-electron chi connectivity index (χ1n) is 5.89. The predicted octanol–water partition coefficient (Wildman–Crippen LogP) is 1.01. The minimum Gasteiger partial charge on any atom is -0.508 e. The third kappa shape index (κ3) is 1.84. The summed E-state index contributed by atoms with van der Waals surface area (Å²) in [6.07, 6.45) is 3.87. The lowest BCUT2D eigenvalue weighted by molar-refractivity contribution is -0.235. The summed E-state index contributed by atoms with van der Waals surface area (Å²) < 4.78 is 11.1. The SMILES string of the molecule is OC1=C(O)C2CC3CC(O)C=CC3OC2OC1. The summed E-state index contributed by atoms with van der Waals surface area (Å²) >= 11 is 0. The number of ether oxygens (including phenoxy) is 2. The average Bonchev–Trinajstić information content (AvgIpc) is 2.32. The number of aliphatic hydroxyl groups excluding tert-OH is 3. The molecule has 0 bridgehead atoms. The number of hydrogen-bond donors (Lipinski definition) is 3. The fourth-order valence-corrected chi connectivity index (χ4v) is 2.84. The van der Waals surface area contributed by atoms with Crippen LogP contribution in [0.2, 0.25) is 0 Å². The van der Waals surface area contributed by atoms with E-state index in [1.54, 1.807) is 6.08 Å². The molecule has 0 spiro atoms. The molecule has 0 aromatic carbocycles. The summed E-state index contributed by atoms with van der Waals surface area (Å²) in [5, 5.41) is 28.8. The zero-order chi connectivity index (χ0) is 12.0. The molecule has 17 heavy (non-hydrogen) atoms. The quantitative estimate of drug-likeness (QED) is 0.551. The van der Waals surface area contributed by atoms with E-state index in [1.807, 2.05) is 6.08 Å². The molecule has 5 unspecified atom stereocenters. The van der Waals surface area contributed by atoms with Gasteiger partial charge in [-0.3, -0.25) is 0 Å². The molecule has 5 nitrogen and oxygen atoms in total. The van der Waals surface area contributed by atoms with Crippen LogP contribution in [0, 0.1) is 11.8 Å². The Labute approximate surface area is 99.0 Å². The number of hydrogen-bond acceptors (Lipinski definition) is 5. The van der Waals surface area contributed by atoms with Crippen molar-refractivity contribution in [1.82, 2.24) is 0 Å². The number of aliphatic hydroxyl groups is 3. The topological polar surface area (TPSA) is 79.2 Å². The van der Waals surface area contributed by atoms with Crippen LogP contribution in [0.1, 0.15) is 12.8 Å². The van der Waals surface area contributed by atoms with E-state index in [2.05, 4.69) is 0 Å². The molecule has 0 aromatic heterocycles. The van der Waals surface area contributed by atoms with Crippen molar-refractivity contribution in [2.75, 3.05) is 6.61 Å². The van der Waals surface area contributed by atoms with Gasteiger partial charge in [-0.2, -0.15) is 0 Å². The van der Waals surface area contributed by atoms with E-state index in [-0.39, 0.29) is 36.1 Å². The van der Waals surface area contributed by atoms with Crippen molar-refractivity contribution in [3.8, 4) is 0 Å². The van der Waals surface area contributed by atoms with Crippen molar-refractivity contribution in [3.63, 3.8) is 0 Å². The molecule has 5 atom stereocenters. The highest BCUT2D eigenvalue weighted by atomic mass is 16.7. The highest BCUT2D eigenvalue weighted by Crippen LogP contribution is 2.41. The molecule has 0 radical (unpaired) electrons. The van der Waals surface area contributed by atoms with Crippen molar-refractivity contribution < 1.29 is 24.8 Å². The van der Waals surface area contributed by atoms with Gasteiger partial charge in [0.2, 0.25) is 0 Å². The molecular weight excluding hydrogens is 224 g/mol. The maximum absolute atomic E-state index is 9.82. The molecule has 3 aliphatic rings. The maximum atomic E-state index is 9.82. The monoisotopic (exact) mass is 240 g/mol. The normalized spacial score (nSPS) is 45.4. The molecule has 2 aliphatic heterocycles. The smallest absolute Gasteiger partial charge is 0.168 e. The summed E-state index contributed by atoms with van der Waals surface area (Å²) in [5.41, 5.74) is 0. The number of rotatable bonds is 0. The third-order valence-electron chi connectivity index (χ3n) is 3.74. The van der Waals surface area contributed by atoms with Crippen LogP contribution in [0.4, 0.5) is 0 Å². The van der Waals surface area contributed by atoms with Crippen LogP contribution in [0.5, 0.6) is 0 Å². The summed E-state index contributed by atoms with van der Waals surface area (Å²) in [4.78, 5) is 0. The van der Waals surface area contributed by atoms with E-state index >= 15 is 0 Å². The van der Waals surface area contributed by atoms with Crippen LogP contribution >= 0.6 is 0 Å². The fourth-order valence-electron chi connectivity index (χ4n) is 2.84. The molecule has 0 amide bonds. The van der Waals surface area contributed by atoms with Crippen LogP contribution in [-0.2, 0) is 9.47 Å². The van der Waals surface area contributed by atoms with Crippen molar-refractivity contribution >= 4 is 0 Å². The standard InChI is InChI=1S/C12H16O5/c13-7-1-2-10-6(3-7)4-8-11(15)9(14)5-16-12(8)17-10/h1-2,6-8,10,12-15H,3-5H2. The predicted molar refractivity (Wildman–Crippen MR) is 58.3 cm³/mol. The van der Waals surface area contributed by atoms with E-state index in [9.17, 15) is 15.3 Å². The molecule has 94 valence electrons. The van der Waals surface area contributed by atoms with Gasteiger partial charge in [-0.1, -0.05) is 12.2 Å². The largest absolute Gasteiger partial charge is 0.508 e. The summed E-state index contributed by atoms with van der Waals surface area (Å²) in [6.45, 7) is -0.00325. The lowest BCUT2D eigenvalue weighted by Crippen LogP contribution is -2.47.